The molecule has 0 radical (unpaired) electrons. The maximum Gasteiger partial charge on any atom is 0.325 e. The number of imide groups is 1. The molecule has 0 spiro atoms. The number of nitrogens with zero attached hydrogens (tertiary/aromatic N) is 3. The van der Waals surface area contributed by atoms with Crippen LogP contribution < -0.4 is 10.6 Å². The van der Waals surface area contributed by atoms with E-state index in [1.165, 1.54) is 11.8 Å². The molecule has 9 heteroatoms. The Balaban J connectivity index is 1.47. The number of hydrogen-bond donors (Lipinski definition) is 2. The summed E-state index contributed by atoms with van der Waals surface area (Å²) in [5, 5.41) is 13.8. The third-order valence-electron chi connectivity index (χ3n) is 5.16. The minimum absolute atomic E-state index is 0.411. The van der Waals surface area contributed by atoms with E-state index in [1.54, 1.807) is 13.2 Å². The van der Waals surface area contributed by atoms with E-state index in [-0.39, 0.29) is 0 Å². The monoisotopic (exact) mass is 475 g/mol. The zero-order chi connectivity index (χ0) is 24.1. The van der Waals surface area contributed by atoms with Crippen LogP contribution in [0.1, 0.15) is 23.8 Å². The summed E-state index contributed by atoms with van der Waals surface area (Å²) >= 11 is 1.22. The Kier molecular flexibility index (Phi) is 7.12. The first kappa shape index (κ1) is 23.3. The third-order valence-corrected chi connectivity index (χ3v) is 6.24. The number of rotatable bonds is 7. The number of thioether (sulfide) groups is 1. The molecule has 1 atom stereocenters. The SMILES string of the molecule is Cc1ccc(NC(=O)NC(=O)C(C)Sc2nnc(-c3ccccc3)n2Cc2ccco2)c(C)c1. The van der Waals surface area contributed by atoms with Gasteiger partial charge >= 0.3 is 6.03 Å². The lowest BCUT2D eigenvalue weighted by Crippen LogP contribution is -2.39. The van der Waals surface area contributed by atoms with Crippen molar-refractivity contribution >= 4 is 29.4 Å². The Hall–Kier alpha value is -3.85. The van der Waals surface area contributed by atoms with Crippen LogP contribution in [-0.2, 0) is 11.3 Å². The lowest BCUT2D eigenvalue weighted by Gasteiger charge is -2.14. The standard InChI is InChI=1S/C25H25N5O3S/c1-16-11-12-21(17(2)14-16)26-24(32)27-23(31)18(3)34-25-29-28-22(19-8-5-4-6-9-19)30(25)15-20-10-7-13-33-20/h4-14,18H,15H2,1-3H3,(H2,26,27,31,32). The van der Waals surface area contributed by atoms with Crippen molar-refractivity contribution in [3.05, 3.63) is 83.8 Å². The molecule has 2 N–H and O–H groups in total. The van der Waals surface area contributed by atoms with E-state index in [9.17, 15) is 9.59 Å². The van der Waals surface area contributed by atoms with Gasteiger partial charge in [-0.15, -0.1) is 10.2 Å². The molecule has 0 aliphatic rings. The maximum absolute atomic E-state index is 12.7. The quantitative estimate of drug-likeness (QED) is 0.364. The molecule has 1 unspecified atom stereocenters. The largest absolute Gasteiger partial charge is 0.467 e. The molecule has 4 rings (SSSR count). The van der Waals surface area contributed by atoms with Crippen molar-refractivity contribution in [2.45, 2.75) is 37.7 Å². The number of amides is 3. The van der Waals surface area contributed by atoms with Gasteiger partial charge in [-0.05, 0) is 44.5 Å². The normalized spacial score (nSPS) is 11.7. The molecule has 8 nitrogen and oxygen atoms in total. The van der Waals surface area contributed by atoms with Crippen LogP contribution in [0.3, 0.4) is 0 Å². The smallest absolute Gasteiger partial charge is 0.325 e. The molecule has 0 saturated heterocycles. The number of furan rings is 1. The average Bonchev–Trinajstić information content (AvgIpc) is 3.47. The Morgan fingerprint density at radius 2 is 1.85 bits per heavy atom. The van der Waals surface area contributed by atoms with E-state index < -0.39 is 17.2 Å². The van der Waals surface area contributed by atoms with Crippen molar-refractivity contribution in [1.29, 1.82) is 0 Å². The molecule has 3 amide bonds. The highest BCUT2D eigenvalue weighted by Gasteiger charge is 2.23. The van der Waals surface area contributed by atoms with E-state index in [0.29, 0.717) is 23.2 Å². The number of carbonyl (C=O) groups is 2. The van der Waals surface area contributed by atoms with Gasteiger partial charge in [0.1, 0.15) is 5.76 Å². The van der Waals surface area contributed by atoms with E-state index in [2.05, 4.69) is 20.8 Å². The van der Waals surface area contributed by atoms with Gasteiger partial charge in [0.2, 0.25) is 5.91 Å². The van der Waals surface area contributed by atoms with Crippen LogP contribution in [0.15, 0.2) is 76.5 Å². The fraction of sp³-hybridized carbons (Fsp3) is 0.200. The van der Waals surface area contributed by atoms with Gasteiger partial charge in [-0.3, -0.25) is 14.7 Å². The van der Waals surface area contributed by atoms with Crippen molar-refractivity contribution in [3.63, 3.8) is 0 Å². The van der Waals surface area contributed by atoms with Gasteiger partial charge < -0.3 is 9.73 Å². The zero-order valence-corrected chi connectivity index (χ0v) is 19.9. The highest BCUT2D eigenvalue weighted by Crippen LogP contribution is 2.28. The van der Waals surface area contributed by atoms with Crippen LogP contribution in [0.25, 0.3) is 11.4 Å². The summed E-state index contributed by atoms with van der Waals surface area (Å²) in [6.07, 6.45) is 1.61. The Morgan fingerprint density at radius 1 is 1.06 bits per heavy atom. The van der Waals surface area contributed by atoms with E-state index in [4.69, 9.17) is 4.42 Å². The summed E-state index contributed by atoms with van der Waals surface area (Å²) in [4.78, 5) is 25.1. The molecule has 0 bridgehead atoms. The first-order valence-electron chi connectivity index (χ1n) is 10.8. The van der Waals surface area contributed by atoms with Gasteiger partial charge in [0.05, 0.1) is 18.1 Å². The van der Waals surface area contributed by atoms with Crippen molar-refractivity contribution in [2.75, 3.05) is 5.32 Å². The summed E-state index contributed by atoms with van der Waals surface area (Å²) in [6.45, 7) is 6.01. The fourth-order valence-corrected chi connectivity index (χ4v) is 4.26. The van der Waals surface area contributed by atoms with Crippen LogP contribution >= 0.6 is 11.8 Å². The lowest BCUT2D eigenvalue weighted by atomic mass is 10.1. The molecule has 0 aliphatic heterocycles. The zero-order valence-electron chi connectivity index (χ0n) is 19.1. The minimum atomic E-state index is -0.590. The first-order valence-corrected chi connectivity index (χ1v) is 11.7. The third kappa shape index (κ3) is 5.55. The summed E-state index contributed by atoms with van der Waals surface area (Å²) in [5.41, 5.74) is 3.57. The molecule has 2 aromatic carbocycles. The van der Waals surface area contributed by atoms with Crippen LogP contribution in [0.5, 0.6) is 0 Å². The number of nitrogens with one attached hydrogen (secondary N) is 2. The summed E-state index contributed by atoms with van der Waals surface area (Å²) < 4.78 is 7.41. The fourth-order valence-electron chi connectivity index (χ4n) is 3.41. The van der Waals surface area contributed by atoms with Gasteiger partial charge in [-0.2, -0.15) is 0 Å². The molecule has 174 valence electrons. The summed E-state index contributed by atoms with van der Waals surface area (Å²) in [5.74, 6) is 0.976. The predicted octanol–water partition coefficient (Wildman–Crippen LogP) is 5.03. The van der Waals surface area contributed by atoms with Gasteiger partial charge in [0, 0.05) is 11.3 Å². The van der Waals surface area contributed by atoms with Crippen LogP contribution in [0.4, 0.5) is 10.5 Å². The van der Waals surface area contributed by atoms with Crippen molar-refractivity contribution < 1.29 is 14.0 Å². The van der Waals surface area contributed by atoms with Gasteiger partial charge in [0.25, 0.3) is 0 Å². The van der Waals surface area contributed by atoms with Gasteiger partial charge in [0.15, 0.2) is 11.0 Å². The minimum Gasteiger partial charge on any atom is -0.467 e. The maximum atomic E-state index is 12.7. The van der Waals surface area contributed by atoms with E-state index >= 15 is 0 Å². The van der Waals surface area contributed by atoms with Crippen LogP contribution in [-0.4, -0.2) is 32.0 Å². The summed E-state index contributed by atoms with van der Waals surface area (Å²) in [7, 11) is 0. The van der Waals surface area contributed by atoms with Crippen LogP contribution in [0.2, 0.25) is 0 Å². The molecule has 34 heavy (non-hydrogen) atoms. The number of anilines is 1. The Labute approximate surface area is 201 Å². The molecule has 4 aromatic rings. The molecular formula is C25H25N5O3S. The molecule has 2 heterocycles. The number of urea groups is 1. The van der Waals surface area contributed by atoms with E-state index in [1.807, 2.05) is 79.1 Å². The van der Waals surface area contributed by atoms with Gasteiger partial charge in [-0.1, -0.05) is 59.8 Å². The highest BCUT2D eigenvalue weighted by molar-refractivity contribution is 8.00. The van der Waals surface area contributed by atoms with E-state index in [0.717, 1.165) is 22.5 Å². The van der Waals surface area contributed by atoms with Crippen molar-refractivity contribution in [1.82, 2.24) is 20.1 Å². The predicted molar refractivity (Wildman–Crippen MR) is 132 cm³/mol. The second-order valence-electron chi connectivity index (χ2n) is 7.86. The number of aromatic nitrogens is 3. The second-order valence-corrected chi connectivity index (χ2v) is 9.17. The summed E-state index contributed by atoms with van der Waals surface area (Å²) in [6, 6.07) is 18.5. The number of benzene rings is 2. The van der Waals surface area contributed by atoms with Crippen LogP contribution in [0, 0.1) is 13.8 Å². The molecule has 0 fully saturated rings. The Morgan fingerprint density at radius 3 is 2.56 bits per heavy atom. The number of aryl methyl sites for hydroxylation is 2. The van der Waals surface area contributed by atoms with Gasteiger partial charge in [-0.25, -0.2) is 4.79 Å². The lowest BCUT2D eigenvalue weighted by molar-refractivity contribution is -0.119. The second kappa shape index (κ2) is 10.4. The number of carbonyl (C=O) groups excluding carboxylic acids is 2. The Bertz CT molecular complexity index is 1290. The molecular weight excluding hydrogens is 450 g/mol. The average molecular weight is 476 g/mol. The van der Waals surface area contributed by atoms with Crippen molar-refractivity contribution in [3.8, 4) is 11.4 Å². The topological polar surface area (TPSA) is 102 Å². The molecule has 2 aromatic heterocycles. The first-order chi connectivity index (χ1) is 16.4. The van der Waals surface area contributed by atoms with Crippen molar-refractivity contribution in [2.24, 2.45) is 0 Å². The number of hydrogen-bond acceptors (Lipinski definition) is 6. The molecule has 0 saturated carbocycles. The molecule has 0 aliphatic carbocycles. The highest BCUT2D eigenvalue weighted by atomic mass is 32.2.